The van der Waals surface area contributed by atoms with E-state index in [2.05, 4.69) is 0 Å². The van der Waals surface area contributed by atoms with Gasteiger partial charge in [0.25, 0.3) is 0 Å². The van der Waals surface area contributed by atoms with Crippen LogP contribution in [0.5, 0.6) is 11.5 Å². The van der Waals surface area contributed by atoms with Crippen LogP contribution in [0.4, 0.5) is 11.4 Å². The first-order valence-electron chi connectivity index (χ1n) is 7.13. The van der Waals surface area contributed by atoms with Crippen molar-refractivity contribution in [2.75, 3.05) is 11.5 Å². The summed E-state index contributed by atoms with van der Waals surface area (Å²) in [6.45, 7) is 0. The Labute approximate surface area is 136 Å². The molecule has 0 saturated heterocycles. The minimum atomic E-state index is -1.31. The molecular formula is C18H17N2O2P. The van der Waals surface area contributed by atoms with Crippen LogP contribution in [-0.2, 0) is 0 Å². The smallest absolute Gasteiger partial charge is 0.326 e. The van der Waals surface area contributed by atoms with Gasteiger partial charge in [0.05, 0.1) is 5.30 Å². The van der Waals surface area contributed by atoms with Crippen LogP contribution >= 0.6 is 8.38 Å². The number of hydrogen-bond donors (Lipinski definition) is 2. The predicted molar refractivity (Wildman–Crippen MR) is 96.0 cm³/mol. The summed E-state index contributed by atoms with van der Waals surface area (Å²) in [5.74, 6) is 1.43. The molecule has 0 fully saturated rings. The molecule has 0 unspecified atom stereocenters. The van der Waals surface area contributed by atoms with Crippen molar-refractivity contribution in [1.29, 1.82) is 0 Å². The number of nitrogen functional groups attached to an aromatic ring is 2. The van der Waals surface area contributed by atoms with Gasteiger partial charge in [-0.2, -0.15) is 0 Å². The molecule has 3 aromatic rings. The minimum absolute atomic E-state index is 0.695. The normalized spacial score (nSPS) is 10.5. The summed E-state index contributed by atoms with van der Waals surface area (Å²) in [7, 11) is -1.31. The number of hydrogen-bond acceptors (Lipinski definition) is 4. The van der Waals surface area contributed by atoms with Gasteiger partial charge in [0.15, 0.2) is 0 Å². The molecule has 0 aromatic heterocycles. The molecule has 0 aliphatic rings. The number of benzene rings is 3. The lowest BCUT2D eigenvalue weighted by molar-refractivity contribution is 0.502. The lowest BCUT2D eigenvalue weighted by Crippen LogP contribution is -2.09. The van der Waals surface area contributed by atoms with E-state index in [9.17, 15) is 0 Å². The summed E-state index contributed by atoms with van der Waals surface area (Å²) in [5, 5.41) is 0.983. The Hall–Kier alpha value is -2.71. The molecule has 4 nitrogen and oxygen atoms in total. The van der Waals surface area contributed by atoms with Crippen LogP contribution in [-0.4, -0.2) is 0 Å². The molecule has 3 aromatic carbocycles. The van der Waals surface area contributed by atoms with Crippen molar-refractivity contribution in [3.8, 4) is 11.5 Å². The maximum atomic E-state index is 6.05. The summed E-state index contributed by atoms with van der Waals surface area (Å²) in [6, 6.07) is 24.4. The van der Waals surface area contributed by atoms with Crippen molar-refractivity contribution < 1.29 is 9.05 Å². The molecule has 23 heavy (non-hydrogen) atoms. The Morgan fingerprint density at radius 3 is 1.43 bits per heavy atom. The molecule has 0 heterocycles. The van der Waals surface area contributed by atoms with Crippen LogP contribution in [0.1, 0.15) is 0 Å². The molecule has 0 aliphatic heterocycles. The maximum absolute atomic E-state index is 6.05. The first-order valence-corrected chi connectivity index (χ1v) is 8.31. The van der Waals surface area contributed by atoms with Gasteiger partial charge in [-0.3, -0.25) is 0 Å². The van der Waals surface area contributed by atoms with E-state index in [1.54, 1.807) is 24.3 Å². The van der Waals surface area contributed by atoms with Gasteiger partial charge >= 0.3 is 8.38 Å². The van der Waals surface area contributed by atoms with E-state index in [1.807, 2.05) is 54.6 Å². The van der Waals surface area contributed by atoms with Gasteiger partial charge in [0, 0.05) is 11.4 Å². The summed E-state index contributed by atoms with van der Waals surface area (Å²) in [5.41, 5.74) is 12.8. The largest absolute Gasteiger partial charge is 0.435 e. The standard InChI is InChI=1S/C18H17N2O2P/c19-14-6-10-16(11-7-14)21-23(18-4-2-1-3-5-18)22-17-12-8-15(20)9-13-17/h1-13H,19-20H2. The fourth-order valence-corrected chi connectivity index (χ4v) is 3.21. The van der Waals surface area contributed by atoms with Crippen molar-refractivity contribution >= 4 is 25.1 Å². The van der Waals surface area contributed by atoms with Crippen LogP contribution in [0.2, 0.25) is 0 Å². The minimum Gasteiger partial charge on any atom is -0.435 e. The fourth-order valence-electron chi connectivity index (χ4n) is 1.92. The summed E-state index contributed by atoms with van der Waals surface area (Å²) in [4.78, 5) is 0. The second-order valence-corrected chi connectivity index (χ2v) is 6.31. The Bertz CT molecular complexity index is 699. The topological polar surface area (TPSA) is 70.5 Å². The van der Waals surface area contributed by atoms with Crippen molar-refractivity contribution in [2.45, 2.75) is 0 Å². The van der Waals surface area contributed by atoms with Crippen LogP contribution in [0.3, 0.4) is 0 Å². The molecular weight excluding hydrogens is 307 g/mol. The van der Waals surface area contributed by atoms with Crippen LogP contribution in [0.15, 0.2) is 78.9 Å². The molecule has 0 spiro atoms. The van der Waals surface area contributed by atoms with Crippen LogP contribution in [0, 0.1) is 0 Å². The van der Waals surface area contributed by atoms with E-state index in [1.165, 1.54) is 0 Å². The van der Waals surface area contributed by atoms with Crippen molar-refractivity contribution in [3.63, 3.8) is 0 Å². The first kappa shape index (κ1) is 15.2. The predicted octanol–water partition coefficient (Wildman–Crippen LogP) is 3.95. The number of anilines is 2. The Morgan fingerprint density at radius 1 is 0.565 bits per heavy atom. The van der Waals surface area contributed by atoms with Gasteiger partial charge in [-0.1, -0.05) is 18.2 Å². The van der Waals surface area contributed by atoms with E-state index in [0.717, 1.165) is 5.30 Å². The third-order valence-corrected chi connectivity index (χ3v) is 4.58. The lowest BCUT2D eigenvalue weighted by Gasteiger charge is -2.19. The molecule has 3 rings (SSSR count). The second-order valence-electron chi connectivity index (χ2n) is 4.91. The summed E-state index contributed by atoms with van der Waals surface area (Å²) < 4.78 is 12.1. The fraction of sp³-hybridized carbons (Fsp3) is 0. The Balaban J connectivity index is 1.84. The van der Waals surface area contributed by atoms with Crippen LogP contribution in [0.25, 0.3) is 0 Å². The Kier molecular flexibility index (Phi) is 4.65. The highest BCUT2D eigenvalue weighted by Gasteiger charge is 2.17. The molecule has 0 aliphatic carbocycles. The average Bonchev–Trinajstić information content (AvgIpc) is 2.59. The highest BCUT2D eigenvalue weighted by atomic mass is 31.2. The highest BCUT2D eigenvalue weighted by molar-refractivity contribution is 7.56. The molecule has 0 bridgehead atoms. The summed E-state index contributed by atoms with van der Waals surface area (Å²) >= 11 is 0. The molecule has 5 heteroatoms. The maximum Gasteiger partial charge on any atom is 0.326 e. The molecule has 0 radical (unpaired) electrons. The van der Waals surface area contributed by atoms with Gasteiger partial charge in [0.1, 0.15) is 11.5 Å². The van der Waals surface area contributed by atoms with Crippen molar-refractivity contribution in [3.05, 3.63) is 78.9 Å². The third kappa shape index (κ3) is 4.15. The molecule has 0 saturated carbocycles. The van der Waals surface area contributed by atoms with E-state index in [0.29, 0.717) is 22.9 Å². The van der Waals surface area contributed by atoms with Gasteiger partial charge in [-0.25, -0.2) is 0 Å². The average molecular weight is 324 g/mol. The van der Waals surface area contributed by atoms with Crippen molar-refractivity contribution in [2.24, 2.45) is 0 Å². The Morgan fingerprint density at radius 2 is 1.00 bits per heavy atom. The summed E-state index contributed by atoms with van der Waals surface area (Å²) in [6.07, 6.45) is 0. The third-order valence-electron chi connectivity index (χ3n) is 3.10. The number of rotatable bonds is 5. The molecule has 0 amide bonds. The van der Waals surface area contributed by atoms with Gasteiger partial charge in [-0.05, 0) is 60.7 Å². The van der Waals surface area contributed by atoms with E-state index in [4.69, 9.17) is 20.5 Å². The van der Waals surface area contributed by atoms with Gasteiger partial charge in [0.2, 0.25) is 0 Å². The molecule has 4 N–H and O–H groups in total. The highest BCUT2D eigenvalue weighted by Crippen LogP contribution is 2.39. The van der Waals surface area contributed by atoms with Gasteiger partial charge in [-0.15, -0.1) is 0 Å². The monoisotopic (exact) mass is 324 g/mol. The van der Waals surface area contributed by atoms with E-state index < -0.39 is 8.38 Å². The van der Waals surface area contributed by atoms with E-state index in [-0.39, 0.29) is 0 Å². The zero-order valence-corrected chi connectivity index (χ0v) is 13.3. The second kappa shape index (κ2) is 7.03. The molecule has 116 valence electrons. The quantitative estimate of drug-likeness (QED) is 0.551. The zero-order chi connectivity index (χ0) is 16.1. The number of nitrogens with two attached hydrogens (primary N) is 2. The zero-order valence-electron chi connectivity index (χ0n) is 12.4. The van der Waals surface area contributed by atoms with Gasteiger partial charge < -0.3 is 20.5 Å². The lowest BCUT2D eigenvalue weighted by atomic mass is 10.3. The van der Waals surface area contributed by atoms with Crippen molar-refractivity contribution in [1.82, 2.24) is 0 Å². The SMILES string of the molecule is Nc1ccc(OP(Oc2ccc(N)cc2)c2ccccc2)cc1. The molecule has 0 atom stereocenters. The van der Waals surface area contributed by atoms with E-state index >= 15 is 0 Å². The van der Waals surface area contributed by atoms with Crippen LogP contribution < -0.4 is 25.8 Å². The first-order chi connectivity index (χ1) is 11.2.